The van der Waals surface area contributed by atoms with E-state index < -0.39 is 5.60 Å². The van der Waals surface area contributed by atoms with Gasteiger partial charge in [0.25, 0.3) is 0 Å². The van der Waals surface area contributed by atoms with E-state index in [4.69, 9.17) is 11.6 Å². The van der Waals surface area contributed by atoms with Gasteiger partial charge in [0, 0.05) is 7.05 Å². The van der Waals surface area contributed by atoms with E-state index in [1.807, 2.05) is 7.05 Å². The zero-order valence-corrected chi connectivity index (χ0v) is 10.8. The van der Waals surface area contributed by atoms with Gasteiger partial charge < -0.3 is 5.11 Å². The molecule has 1 aromatic heterocycles. The lowest BCUT2D eigenvalue weighted by Gasteiger charge is -2.40. The van der Waals surface area contributed by atoms with Gasteiger partial charge in [0.15, 0.2) is 0 Å². The van der Waals surface area contributed by atoms with Gasteiger partial charge >= 0.3 is 0 Å². The standard InChI is InChI=1S/C12H19ClN2O/c1-8-4-5-12(16,9(2)6-8)11-10(13)7-14-15(11)3/h7-9,16H,4-6H2,1-3H3. The summed E-state index contributed by atoms with van der Waals surface area (Å²) in [6.07, 6.45) is 4.47. The third-order valence-electron chi connectivity index (χ3n) is 3.89. The Morgan fingerprint density at radius 2 is 2.25 bits per heavy atom. The van der Waals surface area contributed by atoms with Crippen molar-refractivity contribution in [3.63, 3.8) is 0 Å². The van der Waals surface area contributed by atoms with Crippen LogP contribution < -0.4 is 0 Å². The predicted octanol–water partition coefficient (Wildman–Crippen LogP) is 2.72. The fourth-order valence-electron chi connectivity index (χ4n) is 2.88. The van der Waals surface area contributed by atoms with Gasteiger partial charge in [0.05, 0.1) is 16.9 Å². The SMILES string of the molecule is CC1CCC(O)(c2c(Cl)cnn2C)C(C)C1. The summed E-state index contributed by atoms with van der Waals surface area (Å²) in [5.41, 5.74) is -0.0389. The highest BCUT2D eigenvalue weighted by Gasteiger charge is 2.43. The fourth-order valence-corrected chi connectivity index (χ4v) is 3.21. The van der Waals surface area contributed by atoms with Gasteiger partial charge in [-0.2, -0.15) is 5.10 Å². The molecule has 1 aliphatic rings. The lowest BCUT2D eigenvalue weighted by Crippen LogP contribution is -2.40. The van der Waals surface area contributed by atoms with E-state index in [0.717, 1.165) is 25.0 Å². The van der Waals surface area contributed by atoms with Crippen molar-refractivity contribution in [2.75, 3.05) is 0 Å². The summed E-state index contributed by atoms with van der Waals surface area (Å²) in [4.78, 5) is 0. The molecule has 1 N–H and O–H groups in total. The van der Waals surface area contributed by atoms with Crippen LogP contribution in [0.4, 0.5) is 0 Å². The van der Waals surface area contributed by atoms with Crippen LogP contribution in [0.15, 0.2) is 6.20 Å². The van der Waals surface area contributed by atoms with Crippen LogP contribution in [0.1, 0.15) is 38.8 Å². The second kappa shape index (κ2) is 4.04. The normalized spacial score (nSPS) is 35.3. The fraction of sp³-hybridized carbons (Fsp3) is 0.750. The van der Waals surface area contributed by atoms with Crippen molar-refractivity contribution >= 4 is 11.6 Å². The van der Waals surface area contributed by atoms with Gasteiger partial charge in [-0.15, -0.1) is 0 Å². The second-order valence-corrected chi connectivity index (χ2v) is 5.58. The third-order valence-corrected chi connectivity index (χ3v) is 4.17. The number of aliphatic hydroxyl groups is 1. The van der Waals surface area contributed by atoms with E-state index in [2.05, 4.69) is 18.9 Å². The quantitative estimate of drug-likeness (QED) is 0.822. The number of hydrogen-bond donors (Lipinski definition) is 1. The number of aryl methyl sites for hydroxylation is 1. The minimum atomic E-state index is -0.811. The highest BCUT2D eigenvalue weighted by molar-refractivity contribution is 6.31. The van der Waals surface area contributed by atoms with Crippen molar-refractivity contribution in [3.8, 4) is 0 Å². The van der Waals surface area contributed by atoms with Gasteiger partial charge in [-0.05, 0) is 31.1 Å². The molecule has 2 rings (SSSR count). The molecule has 1 saturated carbocycles. The Hall–Kier alpha value is -0.540. The van der Waals surface area contributed by atoms with Crippen LogP contribution in [0.3, 0.4) is 0 Å². The molecule has 0 amide bonds. The summed E-state index contributed by atoms with van der Waals surface area (Å²) >= 11 is 6.13. The van der Waals surface area contributed by atoms with Crippen LogP contribution >= 0.6 is 11.6 Å². The Kier molecular flexibility index (Phi) is 3.01. The summed E-state index contributed by atoms with van der Waals surface area (Å²) < 4.78 is 1.70. The van der Waals surface area contributed by atoms with E-state index in [9.17, 15) is 5.11 Å². The first-order valence-corrected chi connectivity index (χ1v) is 6.23. The Balaban J connectivity index is 2.38. The maximum atomic E-state index is 10.8. The van der Waals surface area contributed by atoms with E-state index in [0.29, 0.717) is 10.9 Å². The summed E-state index contributed by atoms with van der Waals surface area (Å²) in [6, 6.07) is 0. The first-order chi connectivity index (χ1) is 7.45. The molecule has 1 aromatic rings. The van der Waals surface area contributed by atoms with Crippen LogP contribution in [0.2, 0.25) is 5.02 Å². The van der Waals surface area contributed by atoms with Gasteiger partial charge in [-0.1, -0.05) is 25.4 Å². The van der Waals surface area contributed by atoms with Crippen LogP contribution in [0.25, 0.3) is 0 Å². The third kappa shape index (κ3) is 1.76. The van der Waals surface area contributed by atoms with E-state index in [-0.39, 0.29) is 5.92 Å². The zero-order chi connectivity index (χ0) is 11.9. The molecule has 0 saturated heterocycles. The first-order valence-electron chi connectivity index (χ1n) is 5.85. The predicted molar refractivity (Wildman–Crippen MR) is 64.3 cm³/mol. The molecule has 0 aliphatic heterocycles. The average molecular weight is 243 g/mol. The molecule has 0 aromatic carbocycles. The monoisotopic (exact) mass is 242 g/mol. The first kappa shape index (κ1) is 11.9. The molecule has 0 radical (unpaired) electrons. The van der Waals surface area contributed by atoms with Crippen molar-refractivity contribution in [1.82, 2.24) is 9.78 Å². The van der Waals surface area contributed by atoms with Crippen LogP contribution in [-0.4, -0.2) is 14.9 Å². The molecule has 1 fully saturated rings. The number of hydrogen-bond acceptors (Lipinski definition) is 2. The van der Waals surface area contributed by atoms with Crippen molar-refractivity contribution in [3.05, 3.63) is 16.9 Å². The van der Waals surface area contributed by atoms with Gasteiger partial charge in [0.2, 0.25) is 0 Å². The zero-order valence-electron chi connectivity index (χ0n) is 10.1. The smallest absolute Gasteiger partial charge is 0.110 e. The van der Waals surface area contributed by atoms with Crippen LogP contribution in [0.5, 0.6) is 0 Å². The lowest BCUT2D eigenvalue weighted by atomic mass is 9.70. The lowest BCUT2D eigenvalue weighted by molar-refractivity contribution is -0.0647. The minimum absolute atomic E-state index is 0.226. The molecule has 16 heavy (non-hydrogen) atoms. The van der Waals surface area contributed by atoms with Crippen molar-refractivity contribution in [2.24, 2.45) is 18.9 Å². The molecule has 3 nitrogen and oxygen atoms in total. The summed E-state index contributed by atoms with van der Waals surface area (Å²) in [5, 5.41) is 15.5. The number of rotatable bonds is 1. The van der Waals surface area contributed by atoms with Crippen molar-refractivity contribution in [1.29, 1.82) is 0 Å². The van der Waals surface area contributed by atoms with E-state index >= 15 is 0 Å². The Bertz CT molecular complexity index is 371. The molecule has 3 atom stereocenters. The second-order valence-electron chi connectivity index (χ2n) is 5.17. The van der Waals surface area contributed by atoms with Crippen molar-refractivity contribution < 1.29 is 5.11 Å². The molecule has 1 aliphatic carbocycles. The highest BCUT2D eigenvalue weighted by Crippen LogP contribution is 2.45. The molecule has 4 heteroatoms. The molecule has 90 valence electrons. The van der Waals surface area contributed by atoms with Gasteiger partial charge in [-0.25, -0.2) is 0 Å². The number of halogens is 1. The maximum absolute atomic E-state index is 10.8. The summed E-state index contributed by atoms with van der Waals surface area (Å²) in [6.45, 7) is 4.33. The minimum Gasteiger partial charge on any atom is -0.383 e. The maximum Gasteiger partial charge on any atom is 0.110 e. The topological polar surface area (TPSA) is 38.1 Å². The molecule has 3 unspecified atom stereocenters. The summed E-state index contributed by atoms with van der Waals surface area (Å²) in [5.74, 6) is 0.909. The van der Waals surface area contributed by atoms with Crippen LogP contribution in [0, 0.1) is 11.8 Å². The Morgan fingerprint density at radius 3 is 2.75 bits per heavy atom. The van der Waals surface area contributed by atoms with E-state index in [1.165, 1.54) is 0 Å². The highest BCUT2D eigenvalue weighted by atomic mass is 35.5. The number of aromatic nitrogens is 2. The molecular formula is C12H19ClN2O. The van der Waals surface area contributed by atoms with Gasteiger partial charge in [0.1, 0.15) is 5.60 Å². The molecule has 0 bridgehead atoms. The van der Waals surface area contributed by atoms with Crippen molar-refractivity contribution in [2.45, 2.75) is 38.7 Å². The van der Waals surface area contributed by atoms with E-state index in [1.54, 1.807) is 10.9 Å². The average Bonchev–Trinajstić information content (AvgIpc) is 2.54. The summed E-state index contributed by atoms with van der Waals surface area (Å²) in [7, 11) is 1.84. The Morgan fingerprint density at radius 1 is 1.56 bits per heavy atom. The van der Waals surface area contributed by atoms with Crippen LogP contribution in [-0.2, 0) is 12.6 Å². The molecule has 0 spiro atoms. The number of nitrogens with zero attached hydrogens (tertiary/aromatic N) is 2. The molecular weight excluding hydrogens is 224 g/mol. The largest absolute Gasteiger partial charge is 0.383 e. The Labute approximate surface area is 101 Å². The van der Waals surface area contributed by atoms with Gasteiger partial charge in [-0.3, -0.25) is 4.68 Å². The molecule has 1 heterocycles.